The van der Waals surface area contributed by atoms with Crippen LogP contribution in [0.4, 0.5) is 0 Å². The molecule has 1 rings (SSSR count). The minimum atomic E-state index is -0.743. The van der Waals surface area contributed by atoms with Gasteiger partial charge in [0.1, 0.15) is 17.6 Å². The number of rotatable bonds is 10. The first-order valence-electron chi connectivity index (χ1n) is 7.59. The van der Waals surface area contributed by atoms with Gasteiger partial charge in [0.2, 0.25) is 0 Å². The lowest BCUT2D eigenvalue weighted by Gasteiger charge is -2.23. The van der Waals surface area contributed by atoms with Gasteiger partial charge in [0.05, 0.1) is 0 Å². The lowest BCUT2D eigenvalue weighted by Crippen LogP contribution is -2.32. The van der Waals surface area contributed by atoms with E-state index < -0.39 is 4.75 Å². The second-order valence-corrected chi connectivity index (χ2v) is 6.71. The van der Waals surface area contributed by atoms with Gasteiger partial charge in [-0.15, -0.1) is 11.8 Å². The quantitative estimate of drug-likeness (QED) is 0.281. The van der Waals surface area contributed by atoms with Crippen LogP contribution in [0.5, 0.6) is 0 Å². The zero-order valence-electron chi connectivity index (χ0n) is 13.3. The third-order valence-corrected chi connectivity index (χ3v) is 4.49. The zero-order chi connectivity index (χ0) is 16.3. The second-order valence-electron chi connectivity index (χ2n) is 5.16. The Morgan fingerprint density at radius 2 is 2.00 bits per heavy atom. The van der Waals surface area contributed by atoms with Gasteiger partial charge in [0.15, 0.2) is 0 Å². The monoisotopic (exact) mass is 320 g/mol. The van der Waals surface area contributed by atoms with Crippen LogP contribution in [0.3, 0.4) is 0 Å². The van der Waals surface area contributed by atoms with Gasteiger partial charge in [0.25, 0.3) is 0 Å². The Kier molecular flexibility index (Phi) is 8.60. The zero-order valence-corrected chi connectivity index (χ0v) is 14.1. The van der Waals surface area contributed by atoms with Crippen LogP contribution in [0, 0.1) is 0 Å². The minimum Gasteiger partial charge on any atom is -0.460 e. The van der Waals surface area contributed by atoms with E-state index in [0.29, 0.717) is 12.2 Å². The fraction of sp³-hybridized carbons (Fsp3) is 0.444. The Morgan fingerprint density at radius 3 is 2.64 bits per heavy atom. The molecule has 1 atom stereocenters. The number of carbonyl (C=O) groups is 2. The Balaban J connectivity index is 2.66. The Hall–Kier alpha value is -1.55. The summed E-state index contributed by atoms with van der Waals surface area (Å²) in [6.45, 7) is 4.21. The van der Waals surface area contributed by atoms with E-state index >= 15 is 0 Å². The van der Waals surface area contributed by atoms with Crippen molar-refractivity contribution in [3.63, 3.8) is 0 Å². The van der Waals surface area contributed by atoms with E-state index in [9.17, 15) is 9.59 Å². The summed E-state index contributed by atoms with van der Waals surface area (Å²) in [5, 5.41) is 0. The lowest BCUT2D eigenvalue weighted by molar-refractivity contribution is -0.146. The van der Waals surface area contributed by atoms with Crippen LogP contribution in [0.15, 0.2) is 42.5 Å². The number of ether oxygens (including phenoxy) is 1. The summed E-state index contributed by atoms with van der Waals surface area (Å²) in [5.41, 5.74) is 0.966. The smallest absolute Gasteiger partial charge is 0.326 e. The molecule has 0 aliphatic rings. The number of unbranched alkanes of at least 4 members (excludes halogenated alkanes) is 1. The molecule has 0 aromatic heterocycles. The van der Waals surface area contributed by atoms with Crippen molar-refractivity contribution in [3.05, 3.63) is 48.0 Å². The van der Waals surface area contributed by atoms with Gasteiger partial charge in [0, 0.05) is 12.2 Å². The number of benzene rings is 1. The van der Waals surface area contributed by atoms with E-state index in [0.717, 1.165) is 24.7 Å². The molecule has 0 bridgehead atoms. The Bertz CT molecular complexity index is 484. The highest BCUT2D eigenvalue weighted by molar-refractivity contribution is 8.01. The molecule has 0 radical (unpaired) electrons. The average molecular weight is 320 g/mol. The molecular weight excluding hydrogens is 296 g/mol. The standard InChI is InChI=1S/C18H24O3S/c1-3-4-8-12-18(2,22-14-9-13-19)17(20)21-15-16-10-6-5-7-11-16/h5-8,10-13H,3-4,9,14-15H2,1-2H3/b12-8+/t18-/m1/s1. The third-order valence-electron chi connectivity index (χ3n) is 3.15. The maximum absolute atomic E-state index is 12.4. The van der Waals surface area contributed by atoms with E-state index in [1.54, 1.807) is 0 Å². The molecule has 0 saturated carbocycles. The first kappa shape index (κ1) is 18.5. The maximum Gasteiger partial charge on any atom is 0.326 e. The molecule has 0 saturated heterocycles. The molecule has 0 amide bonds. The molecule has 3 nitrogen and oxygen atoms in total. The summed E-state index contributed by atoms with van der Waals surface area (Å²) >= 11 is 1.45. The molecular formula is C18H24O3S. The van der Waals surface area contributed by atoms with Gasteiger partial charge in [-0.3, -0.25) is 4.79 Å². The number of allylic oxidation sites excluding steroid dienone is 1. The molecule has 0 unspecified atom stereocenters. The topological polar surface area (TPSA) is 43.4 Å². The fourth-order valence-electron chi connectivity index (χ4n) is 1.84. The van der Waals surface area contributed by atoms with Crippen molar-refractivity contribution in [1.82, 2.24) is 0 Å². The summed E-state index contributed by atoms with van der Waals surface area (Å²) in [6.07, 6.45) is 7.18. The third kappa shape index (κ3) is 6.48. The van der Waals surface area contributed by atoms with E-state index in [2.05, 4.69) is 6.92 Å². The number of hydrogen-bond donors (Lipinski definition) is 0. The van der Waals surface area contributed by atoms with Gasteiger partial charge >= 0.3 is 5.97 Å². The van der Waals surface area contributed by atoms with E-state index in [-0.39, 0.29) is 12.6 Å². The molecule has 1 aromatic carbocycles. The van der Waals surface area contributed by atoms with Crippen molar-refractivity contribution in [2.45, 2.75) is 44.5 Å². The van der Waals surface area contributed by atoms with Crippen LogP contribution in [0.25, 0.3) is 0 Å². The molecule has 1 aromatic rings. The second kappa shape index (κ2) is 10.2. The van der Waals surface area contributed by atoms with Crippen molar-refractivity contribution < 1.29 is 14.3 Å². The van der Waals surface area contributed by atoms with E-state index in [1.165, 1.54) is 11.8 Å². The predicted molar refractivity (Wildman–Crippen MR) is 91.8 cm³/mol. The first-order valence-corrected chi connectivity index (χ1v) is 8.57. The van der Waals surface area contributed by atoms with Crippen LogP contribution in [-0.4, -0.2) is 22.8 Å². The van der Waals surface area contributed by atoms with Crippen molar-refractivity contribution >= 4 is 24.0 Å². The van der Waals surface area contributed by atoms with Crippen LogP contribution < -0.4 is 0 Å². The molecule has 0 fully saturated rings. The predicted octanol–water partition coefficient (Wildman–Crippen LogP) is 4.17. The largest absolute Gasteiger partial charge is 0.460 e. The Morgan fingerprint density at radius 1 is 1.27 bits per heavy atom. The van der Waals surface area contributed by atoms with Crippen LogP contribution in [0.1, 0.15) is 38.7 Å². The van der Waals surface area contributed by atoms with Crippen molar-refractivity contribution in [2.24, 2.45) is 0 Å². The number of esters is 1. The SMILES string of the molecule is CCC/C=C/[C@@](C)(SCCC=O)C(=O)OCc1ccccc1. The van der Waals surface area contributed by atoms with E-state index in [1.807, 2.05) is 49.4 Å². The van der Waals surface area contributed by atoms with Gasteiger partial charge in [-0.2, -0.15) is 0 Å². The van der Waals surface area contributed by atoms with Crippen molar-refractivity contribution in [3.8, 4) is 0 Å². The normalized spacial score (nSPS) is 13.7. The number of thioether (sulfide) groups is 1. The van der Waals surface area contributed by atoms with Gasteiger partial charge in [-0.05, 0) is 18.9 Å². The lowest BCUT2D eigenvalue weighted by atomic mass is 10.1. The molecule has 0 aliphatic heterocycles. The number of aldehydes is 1. The fourth-order valence-corrected chi connectivity index (χ4v) is 2.84. The van der Waals surface area contributed by atoms with Crippen molar-refractivity contribution in [1.29, 1.82) is 0 Å². The van der Waals surface area contributed by atoms with Gasteiger partial charge < -0.3 is 9.53 Å². The molecule has 0 heterocycles. The highest BCUT2D eigenvalue weighted by atomic mass is 32.2. The summed E-state index contributed by atoms with van der Waals surface area (Å²) in [7, 11) is 0. The maximum atomic E-state index is 12.4. The number of carbonyl (C=O) groups excluding carboxylic acids is 2. The molecule has 0 aliphatic carbocycles. The highest BCUT2D eigenvalue weighted by Crippen LogP contribution is 2.29. The molecule has 120 valence electrons. The molecule has 22 heavy (non-hydrogen) atoms. The molecule has 0 N–H and O–H groups in total. The summed E-state index contributed by atoms with van der Waals surface area (Å²) in [4.78, 5) is 22.9. The van der Waals surface area contributed by atoms with Crippen LogP contribution in [-0.2, 0) is 20.9 Å². The van der Waals surface area contributed by atoms with Crippen molar-refractivity contribution in [2.75, 3.05) is 5.75 Å². The minimum absolute atomic E-state index is 0.264. The van der Waals surface area contributed by atoms with Crippen LogP contribution in [0.2, 0.25) is 0 Å². The highest BCUT2D eigenvalue weighted by Gasteiger charge is 2.32. The van der Waals surface area contributed by atoms with Crippen LogP contribution >= 0.6 is 11.8 Å². The van der Waals surface area contributed by atoms with Gasteiger partial charge in [-0.25, -0.2) is 0 Å². The Labute approximate surface area is 137 Å². The summed E-state index contributed by atoms with van der Waals surface area (Å²) in [5.74, 6) is 0.344. The molecule has 4 heteroatoms. The summed E-state index contributed by atoms with van der Waals surface area (Å²) in [6, 6.07) is 9.62. The number of hydrogen-bond acceptors (Lipinski definition) is 4. The van der Waals surface area contributed by atoms with E-state index in [4.69, 9.17) is 4.74 Å². The molecule has 0 spiro atoms. The first-order chi connectivity index (χ1) is 10.6. The average Bonchev–Trinajstić information content (AvgIpc) is 2.54. The summed E-state index contributed by atoms with van der Waals surface area (Å²) < 4.78 is 4.71. The van der Waals surface area contributed by atoms with Gasteiger partial charge in [-0.1, -0.05) is 55.8 Å².